The standard InChI is InChI=1S/C15H15FO3S/c1-9(19-8-17-2)14-5-10-7-18-13-4-3-11(16)6-12(13)15(10)20-14/h3-6,9H,7-8H2,1-2H3. The van der Waals surface area contributed by atoms with E-state index in [0.717, 1.165) is 26.6 Å². The fourth-order valence-corrected chi connectivity index (χ4v) is 3.39. The normalized spacial score (nSPS) is 14.3. The van der Waals surface area contributed by atoms with Gasteiger partial charge < -0.3 is 14.2 Å². The van der Waals surface area contributed by atoms with E-state index in [2.05, 4.69) is 6.07 Å². The molecular weight excluding hydrogens is 279 g/mol. The van der Waals surface area contributed by atoms with Gasteiger partial charge in [-0.25, -0.2) is 4.39 Å². The third-order valence-corrected chi connectivity index (χ3v) is 4.61. The van der Waals surface area contributed by atoms with Gasteiger partial charge in [-0.1, -0.05) is 0 Å². The number of methoxy groups -OCH3 is 1. The SMILES string of the molecule is COCOC(C)c1cc2c(s1)-c1cc(F)ccc1OC2. The van der Waals surface area contributed by atoms with Crippen LogP contribution >= 0.6 is 11.3 Å². The second-order valence-electron chi connectivity index (χ2n) is 4.65. The van der Waals surface area contributed by atoms with E-state index in [0.29, 0.717) is 6.61 Å². The van der Waals surface area contributed by atoms with Crippen LogP contribution < -0.4 is 4.74 Å². The van der Waals surface area contributed by atoms with Crippen LogP contribution in [0.15, 0.2) is 24.3 Å². The Balaban J connectivity index is 1.95. The van der Waals surface area contributed by atoms with Crippen LogP contribution in [0.5, 0.6) is 5.75 Å². The average Bonchev–Trinajstić information content (AvgIpc) is 2.89. The Kier molecular flexibility index (Phi) is 3.74. The maximum Gasteiger partial charge on any atom is 0.147 e. The first kappa shape index (κ1) is 13.5. The van der Waals surface area contributed by atoms with Crippen molar-refractivity contribution >= 4 is 11.3 Å². The van der Waals surface area contributed by atoms with Crippen molar-refractivity contribution in [1.29, 1.82) is 0 Å². The van der Waals surface area contributed by atoms with Crippen molar-refractivity contribution in [2.75, 3.05) is 13.9 Å². The molecule has 1 aromatic carbocycles. The van der Waals surface area contributed by atoms with Crippen molar-refractivity contribution in [3.8, 4) is 16.2 Å². The summed E-state index contributed by atoms with van der Waals surface area (Å²) in [5.74, 6) is 0.483. The summed E-state index contributed by atoms with van der Waals surface area (Å²) in [5.41, 5.74) is 1.90. The zero-order chi connectivity index (χ0) is 14.1. The van der Waals surface area contributed by atoms with Crippen molar-refractivity contribution in [3.63, 3.8) is 0 Å². The van der Waals surface area contributed by atoms with E-state index in [1.807, 2.05) is 6.92 Å². The van der Waals surface area contributed by atoms with Gasteiger partial charge in [-0.3, -0.25) is 0 Å². The largest absolute Gasteiger partial charge is 0.488 e. The Hall–Kier alpha value is -1.43. The highest BCUT2D eigenvalue weighted by atomic mass is 32.1. The van der Waals surface area contributed by atoms with Crippen molar-refractivity contribution in [2.45, 2.75) is 19.6 Å². The lowest BCUT2D eigenvalue weighted by molar-refractivity contribution is -0.0655. The molecule has 0 aliphatic carbocycles. The molecule has 1 aromatic heterocycles. The fraction of sp³-hybridized carbons (Fsp3) is 0.333. The van der Waals surface area contributed by atoms with E-state index in [-0.39, 0.29) is 18.7 Å². The van der Waals surface area contributed by atoms with Gasteiger partial charge in [0.2, 0.25) is 0 Å². The monoisotopic (exact) mass is 294 g/mol. The summed E-state index contributed by atoms with van der Waals surface area (Å²) in [6, 6.07) is 6.68. The fourth-order valence-electron chi connectivity index (χ4n) is 2.20. The smallest absolute Gasteiger partial charge is 0.147 e. The van der Waals surface area contributed by atoms with Crippen LogP contribution in [-0.2, 0) is 16.1 Å². The molecule has 106 valence electrons. The Morgan fingerprint density at radius 3 is 3.05 bits per heavy atom. The molecule has 0 saturated carbocycles. The molecule has 2 heterocycles. The zero-order valence-electron chi connectivity index (χ0n) is 11.3. The number of fused-ring (bicyclic) bond motifs is 3. The summed E-state index contributed by atoms with van der Waals surface area (Å²) >= 11 is 1.62. The Morgan fingerprint density at radius 1 is 1.40 bits per heavy atom. The highest BCUT2D eigenvalue weighted by Crippen LogP contribution is 2.44. The highest BCUT2D eigenvalue weighted by molar-refractivity contribution is 7.15. The van der Waals surface area contributed by atoms with Gasteiger partial charge in [0.25, 0.3) is 0 Å². The molecule has 1 atom stereocenters. The first-order valence-corrected chi connectivity index (χ1v) is 7.16. The van der Waals surface area contributed by atoms with E-state index in [4.69, 9.17) is 14.2 Å². The minimum Gasteiger partial charge on any atom is -0.488 e. The van der Waals surface area contributed by atoms with Gasteiger partial charge in [0.15, 0.2) is 0 Å². The van der Waals surface area contributed by atoms with Gasteiger partial charge in [0, 0.05) is 28.0 Å². The molecule has 0 spiro atoms. The predicted molar refractivity (Wildman–Crippen MR) is 75.4 cm³/mol. The summed E-state index contributed by atoms with van der Waals surface area (Å²) < 4.78 is 29.5. The third kappa shape index (κ3) is 2.44. The molecule has 0 bridgehead atoms. The van der Waals surface area contributed by atoms with Gasteiger partial charge in [0.1, 0.15) is 25.0 Å². The lowest BCUT2D eigenvalue weighted by Crippen LogP contribution is -2.03. The summed E-state index contributed by atoms with van der Waals surface area (Å²) in [4.78, 5) is 2.15. The molecule has 5 heteroatoms. The molecule has 1 unspecified atom stereocenters. The molecule has 2 aromatic rings. The first-order valence-electron chi connectivity index (χ1n) is 6.35. The Bertz CT molecular complexity index is 624. The molecule has 1 aliphatic heterocycles. The van der Waals surface area contributed by atoms with E-state index in [1.54, 1.807) is 24.5 Å². The average molecular weight is 294 g/mol. The third-order valence-electron chi connectivity index (χ3n) is 3.23. The van der Waals surface area contributed by atoms with Crippen LogP contribution in [0.3, 0.4) is 0 Å². The van der Waals surface area contributed by atoms with Gasteiger partial charge >= 0.3 is 0 Å². The van der Waals surface area contributed by atoms with Crippen LogP contribution in [0, 0.1) is 5.82 Å². The van der Waals surface area contributed by atoms with Crippen LogP contribution in [0.1, 0.15) is 23.5 Å². The predicted octanol–water partition coefficient (Wildman–Crippen LogP) is 4.13. The number of thiophene rings is 1. The summed E-state index contributed by atoms with van der Waals surface area (Å²) in [6.45, 7) is 2.75. The molecule has 0 saturated heterocycles. The Labute approximate surface area is 120 Å². The molecule has 0 radical (unpaired) electrons. The van der Waals surface area contributed by atoms with Crippen molar-refractivity contribution in [2.24, 2.45) is 0 Å². The number of benzene rings is 1. The lowest BCUT2D eigenvalue weighted by atomic mass is 10.1. The quantitative estimate of drug-likeness (QED) is 0.794. The zero-order valence-corrected chi connectivity index (χ0v) is 12.1. The topological polar surface area (TPSA) is 27.7 Å². The Morgan fingerprint density at radius 2 is 2.25 bits per heavy atom. The molecule has 3 rings (SSSR count). The van der Waals surface area contributed by atoms with Crippen LogP contribution in [0.25, 0.3) is 10.4 Å². The molecule has 0 amide bonds. The summed E-state index contributed by atoms with van der Waals surface area (Å²) in [5, 5.41) is 0. The maximum atomic E-state index is 13.4. The van der Waals surface area contributed by atoms with Gasteiger partial charge in [-0.2, -0.15) is 0 Å². The molecule has 1 aliphatic rings. The molecule has 20 heavy (non-hydrogen) atoms. The minimum atomic E-state index is -0.251. The summed E-state index contributed by atoms with van der Waals surface area (Å²) in [6.07, 6.45) is -0.0532. The molecule has 3 nitrogen and oxygen atoms in total. The molecule has 0 fully saturated rings. The highest BCUT2D eigenvalue weighted by Gasteiger charge is 2.22. The number of ether oxygens (including phenoxy) is 3. The van der Waals surface area contributed by atoms with Crippen LogP contribution in [-0.4, -0.2) is 13.9 Å². The van der Waals surface area contributed by atoms with Gasteiger partial charge in [-0.15, -0.1) is 11.3 Å². The van der Waals surface area contributed by atoms with Crippen LogP contribution in [0.2, 0.25) is 0 Å². The lowest BCUT2D eigenvalue weighted by Gasteiger charge is -2.17. The maximum absolute atomic E-state index is 13.4. The minimum absolute atomic E-state index is 0.0532. The van der Waals surface area contributed by atoms with Gasteiger partial charge in [-0.05, 0) is 31.2 Å². The van der Waals surface area contributed by atoms with E-state index >= 15 is 0 Å². The van der Waals surface area contributed by atoms with Crippen molar-refractivity contribution in [3.05, 3.63) is 40.5 Å². The van der Waals surface area contributed by atoms with E-state index in [1.165, 1.54) is 12.1 Å². The summed E-state index contributed by atoms with van der Waals surface area (Å²) in [7, 11) is 1.60. The van der Waals surface area contributed by atoms with Crippen LogP contribution in [0.4, 0.5) is 4.39 Å². The molecular formula is C15H15FO3S. The van der Waals surface area contributed by atoms with Crippen molar-refractivity contribution in [1.82, 2.24) is 0 Å². The van der Waals surface area contributed by atoms with Crippen molar-refractivity contribution < 1.29 is 18.6 Å². The van der Waals surface area contributed by atoms with Gasteiger partial charge in [0.05, 0.1) is 6.10 Å². The number of hydrogen-bond acceptors (Lipinski definition) is 4. The number of halogens is 1. The van der Waals surface area contributed by atoms with E-state index < -0.39 is 0 Å². The number of rotatable bonds is 4. The first-order chi connectivity index (χ1) is 9.69. The second kappa shape index (κ2) is 5.52. The van der Waals surface area contributed by atoms with E-state index in [9.17, 15) is 4.39 Å². The number of hydrogen-bond donors (Lipinski definition) is 0. The molecule has 0 N–H and O–H groups in total. The second-order valence-corrected chi connectivity index (χ2v) is 5.73.